The molecule has 1 heterocycles. The summed E-state index contributed by atoms with van der Waals surface area (Å²) < 4.78 is 0. The van der Waals surface area contributed by atoms with E-state index in [0.717, 1.165) is 11.8 Å². The van der Waals surface area contributed by atoms with Gasteiger partial charge in [0.25, 0.3) is 0 Å². The van der Waals surface area contributed by atoms with Crippen molar-refractivity contribution >= 4 is 11.8 Å². The Hall–Kier alpha value is 0.350. The molecule has 0 saturated carbocycles. The second-order valence-corrected chi connectivity index (χ2v) is 8.31. The van der Waals surface area contributed by atoms with Gasteiger partial charge in [-0.1, -0.05) is 41.5 Å². The fraction of sp³-hybridized carbons (Fsp3) is 1.00. The zero-order valence-corrected chi connectivity index (χ0v) is 12.2. The van der Waals surface area contributed by atoms with Crippen LogP contribution < -0.4 is 0 Å². The van der Waals surface area contributed by atoms with E-state index in [1.54, 1.807) is 0 Å². The van der Waals surface area contributed by atoms with E-state index in [0.29, 0.717) is 10.8 Å². The summed E-state index contributed by atoms with van der Waals surface area (Å²) in [5.41, 5.74) is 0.943. The molecule has 1 aliphatic rings. The highest BCUT2D eigenvalue weighted by atomic mass is 32.2. The molecular weight excluding hydrogens is 200 g/mol. The zero-order valence-electron chi connectivity index (χ0n) is 11.4. The van der Waals surface area contributed by atoms with Gasteiger partial charge in [0.15, 0.2) is 0 Å². The molecule has 0 radical (unpaired) electrons. The van der Waals surface area contributed by atoms with Crippen molar-refractivity contribution in [1.29, 1.82) is 0 Å². The average molecular weight is 228 g/mol. The Bertz CT molecular complexity index is 172. The quantitative estimate of drug-likeness (QED) is 0.572. The Balaban J connectivity index is 2.86. The molecule has 1 saturated heterocycles. The lowest BCUT2D eigenvalue weighted by molar-refractivity contribution is 0.0825. The summed E-state index contributed by atoms with van der Waals surface area (Å²) in [5, 5.41) is 0. The maximum absolute atomic E-state index is 2.42. The van der Waals surface area contributed by atoms with Gasteiger partial charge in [-0.2, -0.15) is 11.8 Å². The van der Waals surface area contributed by atoms with Crippen LogP contribution in [0.5, 0.6) is 0 Å². The van der Waals surface area contributed by atoms with E-state index in [2.05, 4.69) is 53.3 Å². The Kier molecular flexibility index (Phi) is 4.20. The molecule has 0 nitrogen and oxygen atoms in total. The van der Waals surface area contributed by atoms with E-state index in [1.807, 2.05) is 0 Å². The summed E-state index contributed by atoms with van der Waals surface area (Å²) in [6.45, 7) is 14.5. The molecule has 0 bridgehead atoms. The van der Waals surface area contributed by atoms with Crippen LogP contribution in [0.3, 0.4) is 0 Å². The van der Waals surface area contributed by atoms with Gasteiger partial charge in [0.05, 0.1) is 0 Å². The van der Waals surface area contributed by atoms with Gasteiger partial charge in [-0.25, -0.2) is 0 Å². The SMILES string of the molecule is CC(C)(C)C1CCCSCC1C(C)(C)C. The van der Waals surface area contributed by atoms with Crippen molar-refractivity contribution in [1.82, 2.24) is 0 Å². The average Bonchev–Trinajstić information content (AvgIpc) is 2.24. The zero-order chi connectivity index (χ0) is 11.7. The summed E-state index contributed by atoms with van der Waals surface area (Å²) in [5.74, 6) is 4.52. The number of hydrogen-bond acceptors (Lipinski definition) is 1. The van der Waals surface area contributed by atoms with E-state index in [1.165, 1.54) is 24.3 Å². The smallest absolute Gasteiger partial charge is 0.00313 e. The van der Waals surface area contributed by atoms with Crippen LogP contribution in [0.2, 0.25) is 0 Å². The lowest BCUT2D eigenvalue weighted by atomic mass is 9.63. The molecule has 0 aromatic carbocycles. The molecule has 15 heavy (non-hydrogen) atoms. The van der Waals surface area contributed by atoms with Gasteiger partial charge in [-0.15, -0.1) is 0 Å². The highest BCUT2D eigenvalue weighted by Gasteiger charge is 2.39. The second kappa shape index (κ2) is 4.69. The fourth-order valence-corrected chi connectivity index (χ4v) is 4.35. The topological polar surface area (TPSA) is 0 Å². The Morgan fingerprint density at radius 1 is 0.867 bits per heavy atom. The molecule has 2 unspecified atom stereocenters. The van der Waals surface area contributed by atoms with Crippen LogP contribution in [0.4, 0.5) is 0 Å². The minimum Gasteiger partial charge on any atom is -0.162 e. The minimum absolute atomic E-state index is 0.468. The highest BCUT2D eigenvalue weighted by molar-refractivity contribution is 7.99. The highest BCUT2D eigenvalue weighted by Crippen LogP contribution is 2.46. The van der Waals surface area contributed by atoms with E-state index >= 15 is 0 Å². The van der Waals surface area contributed by atoms with Crippen molar-refractivity contribution in [2.45, 2.75) is 54.4 Å². The number of rotatable bonds is 0. The molecule has 0 aromatic rings. The second-order valence-electron chi connectivity index (χ2n) is 7.16. The molecule has 1 rings (SSSR count). The summed E-state index contributed by atoms with van der Waals surface area (Å²) >= 11 is 2.17. The van der Waals surface area contributed by atoms with Crippen LogP contribution in [0.25, 0.3) is 0 Å². The van der Waals surface area contributed by atoms with Crippen LogP contribution in [0, 0.1) is 22.7 Å². The van der Waals surface area contributed by atoms with E-state index in [4.69, 9.17) is 0 Å². The van der Waals surface area contributed by atoms with Crippen LogP contribution in [0.15, 0.2) is 0 Å². The van der Waals surface area contributed by atoms with Crippen molar-refractivity contribution < 1.29 is 0 Å². The van der Waals surface area contributed by atoms with Crippen LogP contribution in [-0.4, -0.2) is 11.5 Å². The molecule has 0 spiro atoms. The Labute approximate surface area is 101 Å². The summed E-state index contributed by atoms with van der Waals surface area (Å²) in [6.07, 6.45) is 2.84. The molecule has 1 heteroatoms. The summed E-state index contributed by atoms with van der Waals surface area (Å²) in [6, 6.07) is 0. The standard InChI is InChI=1S/C14H28S/c1-13(2,3)11-8-7-9-15-10-12(11)14(4,5)6/h11-12H,7-10H2,1-6H3. The molecule has 0 N–H and O–H groups in total. The van der Waals surface area contributed by atoms with E-state index in [-0.39, 0.29) is 0 Å². The largest absolute Gasteiger partial charge is 0.162 e. The van der Waals surface area contributed by atoms with Crippen LogP contribution >= 0.6 is 11.8 Å². The molecule has 0 aromatic heterocycles. The molecule has 1 aliphatic heterocycles. The van der Waals surface area contributed by atoms with E-state index in [9.17, 15) is 0 Å². The summed E-state index contributed by atoms with van der Waals surface area (Å²) in [4.78, 5) is 0. The number of hydrogen-bond donors (Lipinski definition) is 0. The first-order valence-corrected chi connectivity index (χ1v) is 7.46. The maximum Gasteiger partial charge on any atom is -0.00313 e. The monoisotopic (exact) mass is 228 g/mol. The van der Waals surface area contributed by atoms with Crippen molar-refractivity contribution in [3.05, 3.63) is 0 Å². The van der Waals surface area contributed by atoms with Gasteiger partial charge < -0.3 is 0 Å². The predicted molar refractivity (Wildman–Crippen MR) is 72.4 cm³/mol. The molecule has 0 aliphatic carbocycles. The molecule has 1 fully saturated rings. The predicted octanol–water partition coefficient (Wildman–Crippen LogP) is 4.84. The van der Waals surface area contributed by atoms with Gasteiger partial charge in [0, 0.05) is 0 Å². The maximum atomic E-state index is 2.42. The van der Waals surface area contributed by atoms with Crippen molar-refractivity contribution in [3.63, 3.8) is 0 Å². The van der Waals surface area contributed by atoms with Gasteiger partial charge in [-0.3, -0.25) is 0 Å². The normalized spacial score (nSPS) is 30.0. The molecule has 2 atom stereocenters. The number of thioether (sulfide) groups is 1. The first-order chi connectivity index (χ1) is 6.73. The lowest BCUT2D eigenvalue weighted by Crippen LogP contribution is -2.36. The summed E-state index contributed by atoms with van der Waals surface area (Å²) in [7, 11) is 0. The first-order valence-electron chi connectivity index (χ1n) is 6.30. The molecule has 0 amide bonds. The first kappa shape index (κ1) is 13.4. The van der Waals surface area contributed by atoms with Crippen molar-refractivity contribution in [2.75, 3.05) is 11.5 Å². The van der Waals surface area contributed by atoms with Crippen LogP contribution in [-0.2, 0) is 0 Å². The third kappa shape index (κ3) is 3.69. The lowest BCUT2D eigenvalue weighted by Gasteiger charge is -2.42. The minimum atomic E-state index is 0.468. The van der Waals surface area contributed by atoms with Gasteiger partial charge in [-0.05, 0) is 47.0 Å². The third-order valence-electron chi connectivity index (χ3n) is 3.81. The van der Waals surface area contributed by atoms with Gasteiger partial charge >= 0.3 is 0 Å². The third-order valence-corrected chi connectivity index (χ3v) is 4.98. The van der Waals surface area contributed by atoms with Crippen molar-refractivity contribution in [3.8, 4) is 0 Å². The Morgan fingerprint density at radius 3 is 1.87 bits per heavy atom. The van der Waals surface area contributed by atoms with Crippen LogP contribution in [0.1, 0.15) is 54.4 Å². The Morgan fingerprint density at radius 2 is 1.40 bits per heavy atom. The van der Waals surface area contributed by atoms with Gasteiger partial charge in [0.2, 0.25) is 0 Å². The van der Waals surface area contributed by atoms with Crippen molar-refractivity contribution in [2.24, 2.45) is 22.7 Å². The fourth-order valence-electron chi connectivity index (χ4n) is 2.82. The molecule has 90 valence electrons. The van der Waals surface area contributed by atoms with E-state index < -0.39 is 0 Å². The molecular formula is C14H28S. The van der Waals surface area contributed by atoms with Gasteiger partial charge in [0.1, 0.15) is 0 Å².